The summed E-state index contributed by atoms with van der Waals surface area (Å²) in [4.78, 5) is 18.8. The number of rotatable bonds is 3. The molecule has 2 aromatic carbocycles. The van der Waals surface area contributed by atoms with Crippen molar-refractivity contribution in [3.05, 3.63) is 66.2 Å². The number of halogens is 1. The Labute approximate surface area is 161 Å². The highest BCUT2D eigenvalue weighted by Gasteiger charge is 2.28. The monoisotopic (exact) mass is 381 g/mol. The van der Waals surface area contributed by atoms with Crippen molar-refractivity contribution in [3.8, 4) is 11.4 Å². The SMILES string of the molecule is Cn1cnc(-c2ccc(NC(=O)N3CCOCC3c3ccc(F)cc3)cc2)n1. The van der Waals surface area contributed by atoms with Crippen LogP contribution in [0.1, 0.15) is 11.6 Å². The summed E-state index contributed by atoms with van der Waals surface area (Å²) in [6.45, 7) is 1.31. The van der Waals surface area contributed by atoms with Crippen LogP contribution in [0.2, 0.25) is 0 Å². The summed E-state index contributed by atoms with van der Waals surface area (Å²) < 4.78 is 20.4. The van der Waals surface area contributed by atoms with E-state index in [1.54, 1.807) is 28.0 Å². The first-order chi connectivity index (χ1) is 13.6. The van der Waals surface area contributed by atoms with E-state index < -0.39 is 0 Å². The van der Waals surface area contributed by atoms with E-state index in [9.17, 15) is 9.18 Å². The van der Waals surface area contributed by atoms with E-state index in [-0.39, 0.29) is 17.9 Å². The molecular weight excluding hydrogens is 361 g/mol. The average Bonchev–Trinajstić information content (AvgIpc) is 3.15. The third-order valence-corrected chi connectivity index (χ3v) is 4.64. The van der Waals surface area contributed by atoms with E-state index in [1.807, 2.05) is 31.3 Å². The fourth-order valence-electron chi connectivity index (χ4n) is 3.18. The number of benzene rings is 2. The van der Waals surface area contributed by atoms with Gasteiger partial charge in [0.05, 0.1) is 19.3 Å². The lowest BCUT2D eigenvalue weighted by molar-refractivity contribution is 0.0147. The van der Waals surface area contributed by atoms with E-state index in [0.717, 1.165) is 11.1 Å². The molecule has 1 saturated heterocycles. The normalized spacial score (nSPS) is 16.8. The van der Waals surface area contributed by atoms with Gasteiger partial charge in [-0.25, -0.2) is 14.2 Å². The standard InChI is InChI=1S/C20H20FN5O2/c1-25-13-22-19(24-25)15-4-8-17(9-5-15)23-20(27)26-10-11-28-12-18(26)14-2-6-16(21)7-3-14/h2-9,13,18H,10-12H2,1H3,(H,23,27). The van der Waals surface area contributed by atoms with E-state index in [1.165, 1.54) is 12.1 Å². The van der Waals surface area contributed by atoms with Gasteiger partial charge in [-0.1, -0.05) is 12.1 Å². The van der Waals surface area contributed by atoms with Gasteiger partial charge in [0.2, 0.25) is 0 Å². The Morgan fingerprint density at radius 3 is 2.61 bits per heavy atom. The number of aryl methyl sites for hydroxylation is 1. The minimum absolute atomic E-state index is 0.221. The number of hydrogen-bond donors (Lipinski definition) is 1. The number of morpholine rings is 1. The quantitative estimate of drug-likeness (QED) is 0.756. The first-order valence-electron chi connectivity index (χ1n) is 8.97. The fourth-order valence-corrected chi connectivity index (χ4v) is 3.18. The van der Waals surface area contributed by atoms with Gasteiger partial charge in [0.15, 0.2) is 5.82 Å². The second kappa shape index (κ2) is 7.77. The molecule has 8 heteroatoms. The number of amides is 2. The van der Waals surface area contributed by atoms with Crippen LogP contribution in [0.4, 0.5) is 14.9 Å². The smallest absolute Gasteiger partial charge is 0.322 e. The molecule has 0 spiro atoms. The predicted molar refractivity (Wildman–Crippen MR) is 102 cm³/mol. The van der Waals surface area contributed by atoms with Gasteiger partial charge in [-0.15, -0.1) is 0 Å². The number of urea groups is 1. The molecule has 1 aliphatic rings. The van der Waals surface area contributed by atoms with Crippen LogP contribution in [0.5, 0.6) is 0 Å². The molecule has 2 amide bonds. The number of hydrogen-bond acceptors (Lipinski definition) is 4. The molecule has 4 rings (SSSR count). The van der Waals surface area contributed by atoms with Crippen LogP contribution < -0.4 is 5.32 Å². The Bertz CT molecular complexity index is 955. The Morgan fingerprint density at radius 2 is 1.93 bits per heavy atom. The van der Waals surface area contributed by atoms with Crippen molar-refractivity contribution in [1.82, 2.24) is 19.7 Å². The maximum absolute atomic E-state index is 13.2. The zero-order valence-corrected chi connectivity index (χ0v) is 15.4. The summed E-state index contributed by atoms with van der Waals surface area (Å²) in [5.74, 6) is 0.323. The number of anilines is 1. The Balaban J connectivity index is 1.47. The third-order valence-electron chi connectivity index (χ3n) is 4.64. The molecule has 1 atom stereocenters. The molecule has 3 aromatic rings. The lowest BCUT2D eigenvalue weighted by Gasteiger charge is -2.35. The van der Waals surface area contributed by atoms with Crippen LogP contribution in [-0.2, 0) is 11.8 Å². The first kappa shape index (κ1) is 18.1. The van der Waals surface area contributed by atoms with Gasteiger partial charge in [-0.2, -0.15) is 5.10 Å². The van der Waals surface area contributed by atoms with Crippen LogP contribution in [-0.4, -0.2) is 45.5 Å². The van der Waals surface area contributed by atoms with Crippen molar-refractivity contribution >= 4 is 11.7 Å². The third kappa shape index (κ3) is 3.86. The molecule has 144 valence electrons. The lowest BCUT2D eigenvalue weighted by atomic mass is 10.1. The number of aromatic nitrogens is 3. The molecule has 1 aliphatic heterocycles. The van der Waals surface area contributed by atoms with Crippen molar-refractivity contribution < 1.29 is 13.9 Å². The topological polar surface area (TPSA) is 72.3 Å². The fraction of sp³-hybridized carbons (Fsp3) is 0.250. The second-order valence-corrected chi connectivity index (χ2v) is 6.59. The van der Waals surface area contributed by atoms with Crippen molar-refractivity contribution in [2.75, 3.05) is 25.1 Å². The Kier molecular flexibility index (Phi) is 5.03. The van der Waals surface area contributed by atoms with Crippen LogP contribution in [0.25, 0.3) is 11.4 Å². The maximum Gasteiger partial charge on any atom is 0.322 e. The molecule has 2 heterocycles. The van der Waals surface area contributed by atoms with Gasteiger partial charge in [0.1, 0.15) is 12.1 Å². The van der Waals surface area contributed by atoms with Crippen LogP contribution >= 0.6 is 0 Å². The van der Waals surface area contributed by atoms with Crippen molar-refractivity contribution in [2.24, 2.45) is 7.05 Å². The molecule has 0 saturated carbocycles. The second-order valence-electron chi connectivity index (χ2n) is 6.59. The van der Waals surface area contributed by atoms with E-state index in [4.69, 9.17) is 4.74 Å². The molecule has 7 nitrogen and oxygen atoms in total. The van der Waals surface area contributed by atoms with Gasteiger partial charge >= 0.3 is 6.03 Å². The Morgan fingerprint density at radius 1 is 1.18 bits per heavy atom. The van der Waals surface area contributed by atoms with E-state index >= 15 is 0 Å². The summed E-state index contributed by atoms with van der Waals surface area (Å²) in [6, 6.07) is 13.0. The molecule has 1 unspecified atom stereocenters. The van der Waals surface area contributed by atoms with Gasteiger partial charge in [0.25, 0.3) is 0 Å². The highest BCUT2D eigenvalue weighted by molar-refractivity contribution is 5.90. The average molecular weight is 381 g/mol. The van der Waals surface area contributed by atoms with Gasteiger partial charge in [-0.3, -0.25) is 4.68 Å². The minimum Gasteiger partial charge on any atom is -0.377 e. The summed E-state index contributed by atoms with van der Waals surface area (Å²) in [7, 11) is 1.81. The molecule has 28 heavy (non-hydrogen) atoms. The predicted octanol–water partition coefficient (Wildman–Crippen LogP) is 3.23. The summed E-state index contributed by atoms with van der Waals surface area (Å²) in [6.07, 6.45) is 1.64. The maximum atomic E-state index is 13.2. The minimum atomic E-state index is -0.307. The molecule has 1 N–H and O–H groups in total. The number of nitrogens with zero attached hydrogens (tertiary/aromatic N) is 4. The summed E-state index contributed by atoms with van der Waals surface area (Å²) in [5, 5.41) is 7.18. The molecule has 0 radical (unpaired) electrons. The summed E-state index contributed by atoms with van der Waals surface area (Å²) >= 11 is 0. The number of carbonyl (C=O) groups is 1. The van der Waals surface area contributed by atoms with Crippen LogP contribution in [0, 0.1) is 5.82 Å². The number of carbonyl (C=O) groups excluding carboxylic acids is 1. The van der Waals surface area contributed by atoms with Crippen molar-refractivity contribution in [3.63, 3.8) is 0 Å². The largest absolute Gasteiger partial charge is 0.377 e. The zero-order valence-electron chi connectivity index (χ0n) is 15.4. The highest BCUT2D eigenvalue weighted by Crippen LogP contribution is 2.26. The van der Waals surface area contributed by atoms with E-state index in [0.29, 0.717) is 31.3 Å². The number of ether oxygens (including phenoxy) is 1. The highest BCUT2D eigenvalue weighted by atomic mass is 19.1. The molecule has 1 fully saturated rings. The van der Waals surface area contributed by atoms with Gasteiger partial charge < -0.3 is 15.0 Å². The molecule has 0 bridgehead atoms. The van der Waals surface area contributed by atoms with Crippen LogP contribution in [0.15, 0.2) is 54.9 Å². The van der Waals surface area contributed by atoms with Gasteiger partial charge in [-0.05, 0) is 42.0 Å². The van der Waals surface area contributed by atoms with Crippen molar-refractivity contribution in [2.45, 2.75) is 6.04 Å². The zero-order chi connectivity index (χ0) is 19.5. The number of nitrogens with one attached hydrogen (secondary N) is 1. The molecular formula is C20H20FN5O2. The van der Waals surface area contributed by atoms with Crippen LogP contribution in [0.3, 0.4) is 0 Å². The first-order valence-corrected chi connectivity index (χ1v) is 8.97. The van der Waals surface area contributed by atoms with E-state index in [2.05, 4.69) is 15.4 Å². The van der Waals surface area contributed by atoms with Gasteiger partial charge in [0, 0.05) is 24.8 Å². The summed E-state index contributed by atoms with van der Waals surface area (Å²) in [5.41, 5.74) is 2.39. The Hall–Kier alpha value is -3.26. The molecule has 1 aromatic heterocycles. The lowest BCUT2D eigenvalue weighted by Crippen LogP contribution is -2.45. The molecule has 0 aliphatic carbocycles. The van der Waals surface area contributed by atoms with Crippen molar-refractivity contribution in [1.29, 1.82) is 0 Å².